The summed E-state index contributed by atoms with van der Waals surface area (Å²) in [6.07, 6.45) is 20.6. The Morgan fingerprint density at radius 1 is 0.437 bits per heavy atom. The molecule has 20 rings (SSSR count). The monoisotopic (exact) mass is 1750 g/mol. The summed E-state index contributed by atoms with van der Waals surface area (Å²) in [6.45, 7) is 7.65. The van der Waals surface area contributed by atoms with E-state index in [1.54, 1.807) is 70.0 Å². The van der Waals surface area contributed by atoms with Crippen LogP contribution < -0.4 is 30.9 Å². The van der Waals surface area contributed by atoms with Crippen LogP contribution in [0.25, 0.3) is 83.8 Å². The molecule has 5 aliphatic heterocycles. The number of aromatic carboxylic acids is 1. The first kappa shape index (κ1) is 83.8. The SMILES string of the molecule is C.Cl.NN1CCCCC1.O=C(NN1CCCCC1)c1ccc(COc2nn3c(-c4cc(CO)on4)nnc3c3ccccc23)nc1.O=C(NN1CCCCC1)c1ccc(COc2nn3c(-c4cc(COC5CCCCO5)on4)nnc3c3ccccc23)nc1.O=C(O)c1ccc(COc2nn3c(-c4cc(COC5CCCCO5)on4)nnc3c3ccccc23)nc1.[2HH].[2H][2H].[2H][2H].[2H][2H]. The van der Waals surface area contributed by atoms with E-state index in [1.807, 2.05) is 87.8 Å². The van der Waals surface area contributed by atoms with Gasteiger partial charge in [0.05, 0.1) is 33.8 Å². The van der Waals surface area contributed by atoms with Crippen LogP contribution >= 0.6 is 12.4 Å². The number of carboxylic acid groups (broad SMARTS) is 1. The van der Waals surface area contributed by atoms with Crippen LogP contribution in [-0.2, 0) is 58.6 Å². The first-order chi connectivity index (χ1) is 63.9. The Bertz CT molecular complexity index is 6180. The number of rotatable bonds is 24. The molecule has 0 bridgehead atoms. The zero-order chi connectivity index (χ0) is 90.5. The number of ether oxygens (including phenoxy) is 7. The summed E-state index contributed by atoms with van der Waals surface area (Å²) in [7, 11) is 0. The number of hydrogen-bond acceptors (Lipinski definition) is 33. The van der Waals surface area contributed by atoms with Gasteiger partial charge in [-0.3, -0.25) is 41.2 Å². The molecule has 6 N–H and O–H groups in total. The highest BCUT2D eigenvalue weighted by Gasteiger charge is 2.27. The number of carboxylic acids is 1. The van der Waals surface area contributed by atoms with Crippen molar-refractivity contribution < 1.29 is 81.7 Å². The largest absolute Gasteiger partial charge is 0.478 e. The van der Waals surface area contributed by atoms with Crippen LogP contribution in [0.4, 0.5) is 0 Å². The number of nitrogens with two attached hydrogens (primary N) is 1. The molecule has 2 amide bonds. The second-order valence-electron chi connectivity index (χ2n) is 30.1. The lowest BCUT2D eigenvalue weighted by molar-refractivity contribution is -0.171. The number of aromatic nitrogens is 18. The Kier molecular flexibility index (Phi) is 28.0. The van der Waals surface area contributed by atoms with Crippen molar-refractivity contribution in [2.24, 2.45) is 5.84 Å². The van der Waals surface area contributed by atoms with Gasteiger partial charge in [-0.15, -0.1) is 58.3 Å². The van der Waals surface area contributed by atoms with E-state index in [9.17, 15) is 19.5 Å². The van der Waals surface area contributed by atoms with E-state index >= 15 is 0 Å². The fourth-order valence-corrected chi connectivity index (χ4v) is 14.7. The molecule has 126 heavy (non-hydrogen) atoms. The molecule has 3 aromatic carbocycles. The van der Waals surface area contributed by atoms with Crippen LogP contribution in [0, 0.1) is 0 Å². The van der Waals surface area contributed by atoms with Crippen molar-refractivity contribution >= 4 is 79.4 Å². The molecule has 12 aromatic heterocycles. The third kappa shape index (κ3) is 21.3. The Hall–Kier alpha value is -13.1. The highest BCUT2D eigenvalue weighted by molar-refractivity contribution is 5.99. The number of carbonyl (C=O) groups excluding carboxylic acids is 2. The standard InChI is InChI=1S/C30H32N8O5.C25H24N8O4.C25H22N6O6.C5H12N2.CH4.ClH.4H2/c39-29(34-37-13-5-1-6-14-37)20-11-12-21(31-17-20)18-42-30-24-9-3-2-8-23(24)27-32-33-28(38(27)35-30)25-16-22(43-36-25)19-41-26-10-4-7-15-40-26;34-14-18-12-21(31-37-18)23-28-27-22-19-6-2-3-7-20(19)25(30-33(22)23)36-15-17-9-8-16(13-26-17)24(35)29-32-10-4-1-5-11-32;32-25(33)15-8-9-16(26-12-15)13-36-24-19-6-2-1-5-18(19)22-27-28-23(31(22)29-24)20-11-17(37-30-20)14-35-21-7-3-4-10-34-21;6-7-4-2-1-3-5-7;;;;;;/h2-3,8-9,11-12,16-17,26H,1,4-7,10,13-15,18-19H2,(H,34,39);2-3,6-9,12-13,34H,1,4-5,10-11,14-15H2,(H,29,35);1-2,5-6,8-9,11-12,21H,3-4,7,10,13-14H2,(H,32,33);1-6H2;1H4;5*1H/i;;;;;;3*1+1D;1+1. The molecule has 664 valence electrons. The number of aliphatic hydroxyl groups is 1. The average Bonchev–Trinajstić information content (AvgIpc) is 1.64. The van der Waals surface area contributed by atoms with E-state index in [0.717, 1.165) is 136 Å². The number of benzene rings is 3. The smallest absolute Gasteiger partial charge is 0.337 e. The van der Waals surface area contributed by atoms with Crippen LogP contribution in [0.15, 0.2) is 160 Å². The minimum absolute atomic E-state index is 0. The Balaban J connectivity index is 0.000000178. The number of hydrogen-bond donors (Lipinski definition) is 5. The van der Waals surface area contributed by atoms with Gasteiger partial charge in [-0.2, -0.15) is 13.5 Å². The average molecular weight is 1760 g/mol. The molecule has 40 heteroatoms. The van der Waals surface area contributed by atoms with E-state index in [2.05, 4.69) is 82.1 Å². The number of fused-ring (bicyclic) bond motifs is 9. The fourth-order valence-electron chi connectivity index (χ4n) is 14.7. The fraction of sp³-hybridized carbons (Fsp3) is 0.372. The van der Waals surface area contributed by atoms with Crippen molar-refractivity contribution in [3.8, 4) is 52.2 Å². The van der Waals surface area contributed by atoms with Crippen molar-refractivity contribution in [3.05, 3.63) is 197 Å². The van der Waals surface area contributed by atoms with Gasteiger partial charge < -0.3 is 56.9 Å². The molecule has 15 aromatic rings. The molecule has 39 nitrogen and oxygen atoms in total. The quantitative estimate of drug-likeness (QED) is 0.0351. The second-order valence-corrected chi connectivity index (χ2v) is 30.1. The predicted molar refractivity (Wildman–Crippen MR) is 465 cm³/mol. The molecule has 0 radical (unpaired) electrons. The van der Waals surface area contributed by atoms with Gasteiger partial charge in [0.25, 0.3) is 11.8 Å². The number of nitrogens with one attached hydrogen (secondary N) is 2. The first-order valence-corrected chi connectivity index (χ1v) is 41.4. The molecule has 0 spiro atoms. The van der Waals surface area contributed by atoms with E-state index in [4.69, 9.17) is 71.7 Å². The number of aliphatic hydroxyl groups excluding tert-OH is 1. The highest BCUT2D eigenvalue weighted by Crippen LogP contribution is 2.34. The summed E-state index contributed by atoms with van der Waals surface area (Å²) >= 11 is 0. The van der Waals surface area contributed by atoms with Crippen LogP contribution in [0.2, 0.25) is 0 Å². The zero-order valence-corrected chi connectivity index (χ0v) is 68.9. The van der Waals surface area contributed by atoms with Gasteiger partial charge >= 0.3 is 5.97 Å². The first-order valence-electron chi connectivity index (χ1n) is 44.4. The third-order valence-corrected chi connectivity index (χ3v) is 21.2. The molecule has 0 aliphatic carbocycles. The summed E-state index contributed by atoms with van der Waals surface area (Å²) in [6, 6.07) is 38.1. The molecular formula is C86H103ClN24O15. The van der Waals surface area contributed by atoms with Crippen molar-refractivity contribution in [2.45, 2.75) is 156 Å². The summed E-state index contributed by atoms with van der Waals surface area (Å²) in [5.41, 5.74) is 11.8. The lowest BCUT2D eigenvalue weighted by Crippen LogP contribution is -2.45. The van der Waals surface area contributed by atoms with Crippen LogP contribution in [0.1, 0.15) is 180 Å². The zero-order valence-electron chi connectivity index (χ0n) is 74.1. The van der Waals surface area contributed by atoms with Crippen molar-refractivity contribution in [1.29, 1.82) is 0 Å². The predicted octanol–water partition coefficient (Wildman–Crippen LogP) is 12.6. The van der Waals surface area contributed by atoms with E-state index in [-0.39, 0.29) is 90.9 Å². The van der Waals surface area contributed by atoms with Crippen molar-refractivity contribution in [2.75, 3.05) is 52.5 Å². The molecule has 5 saturated heterocycles. The van der Waals surface area contributed by atoms with Crippen LogP contribution in [0.3, 0.4) is 0 Å². The van der Waals surface area contributed by atoms with Crippen molar-refractivity contribution in [1.82, 2.24) is 116 Å². The van der Waals surface area contributed by atoms with Gasteiger partial charge in [-0.05, 0) is 132 Å². The van der Waals surface area contributed by atoms with Crippen LogP contribution in [0.5, 0.6) is 17.6 Å². The van der Waals surface area contributed by atoms with Crippen molar-refractivity contribution in [3.63, 3.8) is 0 Å². The Morgan fingerprint density at radius 2 is 0.786 bits per heavy atom. The minimum atomic E-state index is -1.04. The molecule has 5 fully saturated rings. The molecule has 5 aliphatic rings. The third-order valence-electron chi connectivity index (χ3n) is 21.2. The van der Waals surface area contributed by atoms with E-state index in [1.165, 1.54) is 48.9 Å². The lowest BCUT2D eigenvalue weighted by atomic mass is 10.2. The maximum atomic E-state index is 12.6. The summed E-state index contributed by atoms with van der Waals surface area (Å²) in [4.78, 5) is 49.3. The number of nitrogens with zero attached hydrogens (tertiary/aromatic N) is 21. The highest BCUT2D eigenvalue weighted by atomic mass is 35.5. The summed E-state index contributed by atoms with van der Waals surface area (Å²) < 4.78 is 91.9. The van der Waals surface area contributed by atoms with Crippen LogP contribution in [-0.4, -0.2) is 198 Å². The molecule has 2 atom stereocenters. The summed E-state index contributed by atoms with van der Waals surface area (Å²) in [5.74, 6) is 7.75. The van der Waals surface area contributed by atoms with Gasteiger partial charge in [0.1, 0.15) is 39.6 Å². The van der Waals surface area contributed by atoms with Gasteiger partial charge in [-0.25, -0.2) is 19.8 Å². The number of carbonyl (C=O) groups is 3. The molecule has 17 heterocycles. The number of halogens is 1. The minimum Gasteiger partial charge on any atom is -0.478 e. The number of amides is 2. The maximum absolute atomic E-state index is 12.6. The van der Waals surface area contributed by atoms with E-state index in [0.29, 0.717) is 128 Å². The molecule has 0 saturated carbocycles. The molecule has 2 unspecified atom stereocenters. The number of pyridine rings is 3. The Labute approximate surface area is 737 Å². The topological polar surface area (TPSA) is 462 Å². The van der Waals surface area contributed by atoms with Gasteiger partial charge in [0.2, 0.25) is 35.1 Å². The molecular weight excluding hydrogens is 1640 g/mol. The Morgan fingerprint density at radius 3 is 1.10 bits per heavy atom. The van der Waals surface area contributed by atoms with Gasteiger partial charge in [0.15, 0.2) is 63.9 Å². The maximum Gasteiger partial charge on any atom is 0.337 e. The number of piperidine rings is 3. The lowest BCUT2D eigenvalue weighted by Gasteiger charge is -2.26. The summed E-state index contributed by atoms with van der Waals surface area (Å²) in [5, 5.41) is 81.1. The number of hydrazine groups is 3. The normalized spacial score (nSPS) is 16.5. The van der Waals surface area contributed by atoms with Gasteiger partial charge in [0, 0.05) is 132 Å². The van der Waals surface area contributed by atoms with E-state index < -0.39 is 5.97 Å². The second kappa shape index (κ2) is 42.1. The van der Waals surface area contributed by atoms with Gasteiger partial charge in [-0.1, -0.05) is 96.8 Å².